The molecule has 32 heavy (non-hydrogen) atoms. The lowest BCUT2D eigenvalue weighted by atomic mass is 10.1. The van der Waals surface area contributed by atoms with Crippen molar-refractivity contribution in [3.8, 4) is 22.8 Å². The number of halogens is 6. The molecule has 0 spiro atoms. The zero-order chi connectivity index (χ0) is 23.5. The van der Waals surface area contributed by atoms with Crippen LogP contribution >= 0.6 is 0 Å². The van der Waals surface area contributed by atoms with Gasteiger partial charge in [-0.25, -0.2) is 4.98 Å². The molecular formula is C22H16F6N4. The minimum absolute atomic E-state index is 0.0351. The van der Waals surface area contributed by atoms with Crippen molar-refractivity contribution >= 4 is 5.95 Å². The molecule has 0 aliphatic carbocycles. The Morgan fingerprint density at radius 3 is 1.50 bits per heavy atom. The number of rotatable bonds is 5. The standard InChI is InChI=1S/C22H16F6N4/c1-3-4-13(2)29-20-31-18(14-5-9-16(10-6-14)21(23,24)25)30-19(32-20)15-7-11-17(12-8-15)22(26,27)28/h3-12H,2H2,1H3,(H,29,30,31,32)/b4-3-. The number of nitrogens with one attached hydrogen (secondary N) is 1. The van der Waals surface area contributed by atoms with E-state index in [0.717, 1.165) is 24.3 Å². The smallest absolute Gasteiger partial charge is 0.325 e. The Labute approximate surface area is 179 Å². The molecule has 0 unspecified atom stereocenters. The Morgan fingerprint density at radius 1 is 0.750 bits per heavy atom. The minimum atomic E-state index is -4.50. The van der Waals surface area contributed by atoms with Crippen molar-refractivity contribution < 1.29 is 26.3 Å². The predicted octanol–water partition coefficient (Wildman–Crippen LogP) is 6.74. The van der Waals surface area contributed by atoms with Crippen LogP contribution in [0.25, 0.3) is 22.8 Å². The van der Waals surface area contributed by atoms with Crippen LogP contribution in [-0.4, -0.2) is 15.0 Å². The summed E-state index contributed by atoms with van der Waals surface area (Å²) in [5, 5.41) is 2.83. The summed E-state index contributed by atoms with van der Waals surface area (Å²) in [4.78, 5) is 12.7. The van der Waals surface area contributed by atoms with Crippen LogP contribution in [0.15, 0.2) is 73.0 Å². The van der Waals surface area contributed by atoms with E-state index in [1.165, 1.54) is 24.3 Å². The van der Waals surface area contributed by atoms with E-state index in [1.807, 2.05) is 0 Å². The first kappa shape index (κ1) is 23.0. The Morgan fingerprint density at radius 2 is 1.16 bits per heavy atom. The molecule has 0 amide bonds. The van der Waals surface area contributed by atoms with Crippen LogP contribution < -0.4 is 5.32 Å². The van der Waals surface area contributed by atoms with Gasteiger partial charge in [-0.2, -0.15) is 36.3 Å². The van der Waals surface area contributed by atoms with Crippen LogP contribution in [-0.2, 0) is 12.4 Å². The molecule has 0 bridgehead atoms. The van der Waals surface area contributed by atoms with Crippen molar-refractivity contribution in [2.24, 2.45) is 0 Å². The van der Waals surface area contributed by atoms with E-state index in [2.05, 4.69) is 26.8 Å². The second-order valence-electron chi connectivity index (χ2n) is 6.61. The van der Waals surface area contributed by atoms with Gasteiger partial charge >= 0.3 is 12.4 Å². The van der Waals surface area contributed by atoms with Crippen molar-refractivity contribution in [2.75, 3.05) is 5.32 Å². The summed E-state index contributed by atoms with van der Waals surface area (Å²) in [5.41, 5.74) is -0.701. The molecule has 0 fully saturated rings. The van der Waals surface area contributed by atoms with Crippen LogP contribution in [0.1, 0.15) is 18.1 Å². The molecule has 0 aliphatic heterocycles. The maximum absolute atomic E-state index is 12.9. The number of anilines is 1. The quantitative estimate of drug-likeness (QED) is 0.345. The van der Waals surface area contributed by atoms with E-state index in [1.54, 1.807) is 19.1 Å². The number of hydrogen-bond donors (Lipinski definition) is 1. The van der Waals surface area contributed by atoms with Gasteiger partial charge in [0.1, 0.15) is 0 Å². The van der Waals surface area contributed by atoms with Gasteiger partial charge in [-0.1, -0.05) is 36.9 Å². The number of aromatic nitrogens is 3. The predicted molar refractivity (Wildman–Crippen MR) is 108 cm³/mol. The highest BCUT2D eigenvalue weighted by Gasteiger charge is 2.31. The Kier molecular flexibility index (Phi) is 6.33. The number of nitrogens with zero attached hydrogens (tertiary/aromatic N) is 3. The van der Waals surface area contributed by atoms with Crippen molar-refractivity contribution in [1.82, 2.24) is 15.0 Å². The molecule has 3 rings (SSSR count). The Bertz CT molecular complexity index is 1060. The third-order valence-corrected chi connectivity index (χ3v) is 4.22. The molecule has 1 aromatic heterocycles. The highest BCUT2D eigenvalue weighted by Crippen LogP contribution is 2.32. The fourth-order valence-corrected chi connectivity index (χ4v) is 2.69. The van der Waals surface area contributed by atoms with Gasteiger partial charge in [-0.05, 0) is 37.3 Å². The highest BCUT2D eigenvalue weighted by atomic mass is 19.4. The molecule has 0 saturated carbocycles. The summed E-state index contributed by atoms with van der Waals surface area (Å²) >= 11 is 0. The zero-order valence-corrected chi connectivity index (χ0v) is 16.6. The van der Waals surface area contributed by atoms with E-state index in [0.29, 0.717) is 5.70 Å². The average molecular weight is 450 g/mol. The molecule has 0 aliphatic rings. The van der Waals surface area contributed by atoms with Gasteiger partial charge in [0.2, 0.25) is 5.95 Å². The number of allylic oxidation sites excluding steroid dienone is 2. The second-order valence-corrected chi connectivity index (χ2v) is 6.61. The molecule has 1 heterocycles. The van der Waals surface area contributed by atoms with Gasteiger partial charge in [-0.3, -0.25) is 0 Å². The fourth-order valence-electron chi connectivity index (χ4n) is 2.69. The van der Waals surface area contributed by atoms with Gasteiger partial charge < -0.3 is 5.32 Å². The number of benzene rings is 2. The van der Waals surface area contributed by atoms with Gasteiger partial charge in [0.25, 0.3) is 0 Å². The highest BCUT2D eigenvalue weighted by molar-refractivity contribution is 5.64. The Hall–Kier alpha value is -3.69. The number of alkyl halides is 6. The average Bonchev–Trinajstić information content (AvgIpc) is 2.72. The van der Waals surface area contributed by atoms with E-state index >= 15 is 0 Å². The molecule has 166 valence electrons. The zero-order valence-electron chi connectivity index (χ0n) is 16.6. The molecule has 4 nitrogen and oxygen atoms in total. The van der Waals surface area contributed by atoms with Crippen molar-refractivity contribution in [2.45, 2.75) is 19.3 Å². The summed E-state index contributed by atoms with van der Waals surface area (Å²) in [6.45, 7) is 5.54. The van der Waals surface area contributed by atoms with E-state index < -0.39 is 23.5 Å². The minimum Gasteiger partial charge on any atom is -0.325 e. The lowest BCUT2D eigenvalue weighted by Crippen LogP contribution is -2.07. The van der Waals surface area contributed by atoms with Gasteiger partial charge in [0.15, 0.2) is 11.6 Å². The van der Waals surface area contributed by atoms with Crippen LogP contribution in [0.3, 0.4) is 0 Å². The van der Waals surface area contributed by atoms with Crippen molar-refractivity contribution in [1.29, 1.82) is 0 Å². The molecule has 0 radical (unpaired) electrons. The van der Waals surface area contributed by atoms with E-state index in [4.69, 9.17) is 0 Å². The van der Waals surface area contributed by atoms with Crippen LogP contribution in [0, 0.1) is 0 Å². The fraction of sp³-hybridized carbons (Fsp3) is 0.136. The molecule has 0 saturated heterocycles. The lowest BCUT2D eigenvalue weighted by molar-refractivity contribution is -0.138. The van der Waals surface area contributed by atoms with E-state index in [9.17, 15) is 26.3 Å². The maximum Gasteiger partial charge on any atom is 0.416 e. The number of hydrogen-bond acceptors (Lipinski definition) is 4. The normalized spacial score (nSPS) is 12.2. The molecular weight excluding hydrogens is 434 g/mol. The Balaban J connectivity index is 2.06. The van der Waals surface area contributed by atoms with Gasteiger partial charge in [0.05, 0.1) is 11.1 Å². The lowest BCUT2D eigenvalue weighted by Gasteiger charge is -2.11. The summed E-state index contributed by atoms with van der Waals surface area (Å²) in [5.74, 6) is 0.117. The van der Waals surface area contributed by atoms with Gasteiger partial charge in [-0.15, -0.1) is 0 Å². The first-order chi connectivity index (χ1) is 15.0. The second kappa shape index (κ2) is 8.81. The SMILES string of the molecule is C=C(/C=C\C)Nc1nc(-c2ccc(C(F)(F)F)cc2)nc(-c2ccc(C(F)(F)F)cc2)n1. The third kappa shape index (κ3) is 5.51. The summed E-state index contributed by atoms with van der Waals surface area (Å²) in [6, 6.07) is 8.40. The first-order valence-electron chi connectivity index (χ1n) is 9.17. The van der Waals surface area contributed by atoms with Crippen LogP contribution in [0.5, 0.6) is 0 Å². The van der Waals surface area contributed by atoms with Gasteiger partial charge in [0, 0.05) is 16.8 Å². The molecule has 0 atom stereocenters. The van der Waals surface area contributed by atoms with E-state index in [-0.39, 0.29) is 28.7 Å². The summed E-state index contributed by atoms with van der Waals surface area (Å²) in [6.07, 6.45) is -5.65. The topological polar surface area (TPSA) is 50.7 Å². The van der Waals surface area contributed by atoms with Crippen molar-refractivity contribution in [3.05, 3.63) is 84.1 Å². The monoisotopic (exact) mass is 450 g/mol. The first-order valence-corrected chi connectivity index (χ1v) is 9.17. The summed E-state index contributed by atoms with van der Waals surface area (Å²) < 4.78 is 77.1. The molecule has 10 heteroatoms. The van der Waals surface area contributed by atoms with Crippen molar-refractivity contribution in [3.63, 3.8) is 0 Å². The molecule has 3 aromatic rings. The van der Waals surface area contributed by atoms with Crippen LogP contribution in [0.2, 0.25) is 0 Å². The third-order valence-electron chi connectivity index (χ3n) is 4.22. The summed E-state index contributed by atoms with van der Waals surface area (Å²) in [7, 11) is 0. The maximum atomic E-state index is 12.9. The largest absolute Gasteiger partial charge is 0.416 e. The van der Waals surface area contributed by atoms with Crippen LogP contribution in [0.4, 0.5) is 32.3 Å². The molecule has 2 aromatic carbocycles. The molecule has 1 N–H and O–H groups in total.